The molecule has 0 radical (unpaired) electrons. The minimum Gasteiger partial charge on any atom is -0.444 e. The number of ether oxygens (including phenoxy) is 2. The molecule has 0 aromatic heterocycles. The van der Waals surface area contributed by atoms with Crippen molar-refractivity contribution in [1.82, 2.24) is 4.90 Å². The van der Waals surface area contributed by atoms with Crippen LogP contribution in [0.1, 0.15) is 32.8 Å². The van der Waals surface area contributed by atoms with Crippen LogP contribution in [0.15, 0.2) is 18.2 Å². The monoisotopic (exact) mass is 364 g/mol. The van der Waals surface area contributed by atoms with Gasteiger partial charge < -0.3 is 9.47 Å². The molecule has 8 heteroatoms. The Labute approximate surface area is 149 Å². The Morgan fingerprint density at radius 1 is 1.35 bits per heavy atom. The molecule has 1 amide bonds. The first-order valence-electron chi connectivity index (χ1n) is 8.14. The smallest absolute Gasteiger partial charge is 0.411 e. The lowest BCUT2D eigenvalue weighted by Gasteiger charge is -2.29. The van der Waals surface area contributed by atoms with E-state index in [4.69, 9.17) is 10.00 Å². The maximum atomic E-state index is 14.3. The van der Waals surface area contributed by atoms with Gasteiger partial charge in [0.2, 0.25) is 0 Å². The van der Waals surface area contributed by atoms with Gasteiger partial charge in [-0.3, -0.25) is 4.90 Å². The van der Waals surface area contributed by atoms with E-state index in [2.05, 4.69) is 4.74 Å². The van der Waals surface area contributed by atoms with Crippen molar-refractivity contribution >= 4 is 12.1 Å². The van der Waals surface area contributed by atoms with Crippen LogP contribution in [-0.4, -0.2) is 35.2 Å². The molecule has 6 nitrogen and oxygen atoms in total. The molecule has 138 valence electrons. The van der Waals surface area contributed by atoms with Gasteiger partial charge in [-0.15, -0.1) is 5.26 Å². The molecule has 1 aliphatic heterocycles. The van der Waals surface area contributed by atoms with Crippen LogP contribution in [0.3, 0.4) is 0 Å². The minimum absolute atomic E-state index is 0.0157. The lowest BCUT2D eigenvalue weighted by molar-refractivity contribution is -0.142. The number of piperidine rings is 1. The van der Waals surface area contributed by atoms with Gasteiger partial charge in [0, 0.05) is 17.9 Å². The highest BCUT2D eigenvalue weighted by Gasteiger charge is 2.70. The maximum Gasteiger partial charge on any atom is 0.411 e. The molecule has 2 aliphatic rings. The minimum atomic E-state index is -1.08. The van der Waals surface area contributed by atoms with Crippen molar-refractivity contribution in [2.75, 3.05) is 6.54 Å². The summed E-state index contributed by atoms with van der Waals surface area (Å²) in [5.41, 5.74) is -1.57. The number of benzene rings is 1. The van der Waals surface area contributed by atoms with E-state index in [0.29, 0.717) is 6.42 Å². The molecular weight excluding hydrogens is 346 g/mol. The van der Waals surface area contributed by atoms with E-state index in [0.717, 1.165) is 23.1 Å². The highest BCUT2D eigenvalue weighted by atomic mass is 19.1. The zero-order valence-electron chi connectivity index (χ0n) is 14.6. The second-order valence-corrected chi connectivity index (χ2v) is 7.66. The molecule has 0 spiro atoms. The molecule has 0 N–H and O–H groups in total. The third kappa shape index (κ3) is 2.98. The Hall–Kier alpha value is -2.69. The van der Waals surface area contributed by atoms with Gasteiger partial charge >= 0.3 is 12.1 Å². The van der Waals surface area contributed by atoms with Crippen LogP contribution in [-0.2, 0) is 19.7 Å². The largest absolute Gasteiger partial charge is 0.444 e. The zero-order valence-corrected chi connectivity index (χ0v) is 14.6. The Balaban J connectivity index is 1.96. The molecular formula is C18H18F2N2O4. The van der Waals surface area contributed by atoms with Gasteiger partial charge in [0.1, 0.15) is 23.3 Å². The number of fused-ring (bicyclic) bond motifs is 1. The number of carbonyl (C=O) groups excluding carboxylic acids is 2. The van der Waals surface area contributed by atoms with Crippen LogP contribution >= 0.6 is 0 Å². The van der Waals surface area contributed by atoms with Crippen LogP contribution in [0.4, 0.5) is 13.6 Å². The summed E-state index contributed by atoms with van der Waals surface area (Å²) < 4.78 is 37.7. The molecule has 1 saturated carbocycles. The van der Waals surface area contributed by atoms with Crippen molar-refractivity contribution in [3.8, 4) is 6.26 Å². The first-order chi connectivity index (χ1) is 12.1. The molecule has 3 atom stereocenters. The second-order valence-electron chi connectivity index (χ2n) is 7.66. The zero-order chi connectivity index (χ0) is 19.3. The van der Waals surface area contributed by atoms with Crippen LogP contribution < -0.4 is 0 Å². The predicted molar refractivity (Wildman–Crippen MR) is 84.6 cm³/mol. The number of amides is 1. The summed E-state index contributed by atoms with van der Waals surface area (Å²) in [4.78, 5) is 25.9. The number of hydrogen-bond acceptors (Lipinski definition) is 5. The second kappa shape index (κ2) is 5.94. The summed E-state index contributed by atoms with van der Waals surface area (Å²) in [6.45, 7) is 5.00. The van der Waals surface area contributed by atoms with Gasteiger partial charge in [0.15, 0.2) is 0 Å². The molecule has 1 unspecified atom stereocenters. The molecule has 1 aromatic rings. The van der Waals surface area contributed by atoms with Gasteiger partial charge in [0.05, 0.1) is 0 Å². The van der Waals surface area contributed by atoms with E-state index in [1.807, 2.05) is 0 Å². The number of nitrogens with zero attached hydrogens (tertiary/aromatic N) is 2. The normalized spacial score (nSPS) is 26.7. The lowest BCUT2D eigenvalue weighted by Crippen LogP contribution is -2.46. The van der Waals surface area contributed by atoms with E-state index in [9.17, 15) is 18.4 Å². The van der Waals surface area contributed by atoms with Gasteiger partial charge in [-0.25, -0.2) is 18.4 Å². The number of rotatable bonds is 2. The third-order valence-corrected chi connectivity index (χ3v) is 4.78. The van der Waals surface area contributed by atoms with Gasteiger partial charge in [-0.2, -0.15) is 0 Å². The molecule has 1 saturated heterocycles. The van der Waals surface area contributed by atoms with Crippen molar-refractivity contribution in [2.24, 2.45) is 5.92 Å². The standard InChI is InChI=1S/C18H18F2N2O4/c1-17(2,3)26-16(24)22-8-18(11-6-10(19)4-5-13(11)20)7-12(18)14(22)15(23)25-9-21/h4-6,12,14H,7-8H2,1-3H3/t12-,14?,18+/m0/s1. The van der Waals surface area contributed by atoms with Crippen LogP contribution in [0, 0.1) is 29.1 Å². The highest BCUT2D eigenvalue weighted by molar-refractivity contribution is 5.85. The fourth-order valence-corrected chi connectivity index (χ4v) is 3.72. The Morgan fingerprint density at radius 3 is 2.65 bits per heavy atom. The Morgan fingerprint density at radius 2 is 2.04 bits per heavy atom. The molecule has 26 heavy (non-hydrogen) atoms. The average Bonchev–Trinajstić information content (AvgIpc) is 3.14. The van der Waals surface area contributed by atoms with E-state index < -0.39 is 46.7 Å². The quantitative estimate of drug-likeness (QED) is 0.595. The molecule has 0 bridgehead atoms. The van der Waals surface area contributed by atoms with Crippen molar-refractivity contribution in [1.29, 1.82) is 5.26 Å². The Bertz CT molecular complexity index is 814. The van der Waals surface area contributed by atoms with Crippen LogP contribution in [0.25, 0.3) is 0 Å². The summed E-state index contributed by atoms with van der Waals surface area (Å²) in [5, 5.41) is 8.63. The third-order valence-electron chi connectivity index (χ3n) is 4.78. The summed E-state index contributed by atoms with van der Waals surface area (Å²) in [6, 6.07) is 2.04. The van der Waals surface area contributed by atoms with E-state index in [-0.39, 0.29) is 12.1 Å². The first kappa shape index (κ1) is 18.1. The molecule has 2 fully saturated rings. The number of nitriles is 1. The SMILES string of the molecule is CC(C)(C)OC(=O)N1C[C@@]2(c3cc(F)ccc3F)C[C@H]2C1C(=O)OC#N. The Kier molecular flexibility index (Phi) is 4.14. The van der Waals surface area contributed by atoms with Crippen molar-refractivity contribution in [2.45, 2.75) is 44.2 Å². The van der Waals surface area contributed by atoms with E-state index in [1.165, 1.54) is 6.26 Å². The molecule has 1 aliphatic carbocycles. The predicted octanol–water partition coefficient (Wildman–Crippen LogP) is 2.87. The molecule has 3 rings (SSSR count). The number of carbonyl (C=O) groups is 2. The van der Waals surface area contributed by atoms with Crippen LogP contribution in [0.5, 0.6) is 0 Å². The number of likely N-dealkylation sites (tertiary alicyclic amines) is 1. The summed E-state index contributed by atoms with van der Waals surface area (Å²) in [7, 11) is 0. The average molecular weight is 364 g/mol. The van der Waals surface area contributed by atoms with Gasteiger partial charge in [-0.1, -0.05) is 0 Å². The van der Waals surface area contributed by atoms with Crippen LogP contribution in [0.2, 0.25) is 0 Å². The first-order valence-corrected chi connectivity index (χ1v) is 8.14. The molecule has 1 heterocycles. The fourth-order valence-electron chi connectivity index (χ4n) is 3.72. The summed E-state index contributed by atoms with van der Waals surface area (Å²) in [5.74, 6) is -2.58. The lowest BCUT2D eigenvalue weighted by atomic mass is 9.93. The summed E-state index contributed by atoms with van der Waals surface area (Å²) in [6.07, 6.45) is 0.925. The van der Waals surface area contributed by atoms with E-state index in [1.54, 1.807) is 20.8 Å². The molecule has 1 aromatic carbocycles. The summed E-state index contributed by atoms with van der Waals surface area (Å²) >= 11 is 0. The fraction of sp³-hybridized carbons (Fsp3) is 0.500. The van der Waals surface area contributed by atoms with Crippen molar-refractivity contribution in [3.05, 3.63) is 35.4 Å². The van der Waals surface area contributed by atoms with Gasteiger partial charge in [-0.05, 0) is 51.0 Å². The number of halogens is 2. The van der Waals surface area contributed by atoms with Crippen molar-refractivity contribution < 1.29 is 27.8 Å². The maximum absolute atomic E-state index is 14.3. The van der Waals surface area contributed by atoms with Crippen molar-refractivity contribution in [3.63, 3.8) is 0 Å². The number of hydrogen-bond donors (Lipinski definition) is 0. The van der Waals surface area contributed by atoms with E-state index >= 15 is 0 Å². The highest BCUT2D eigenvalue weighted by Crippen LogP contribution is 2.62. The number of esters is 1. The van der Waals surface area contributed by atoms with Gasteiger partial charge in [0.25, 0.3) is 6.26 Å². The topological polar surface area (TPSA) is 79.6 Å².